The number of para-hydroxylation sites is 1. The molecule has 0 radical (unpaired) electrons. The zero-order valence-corrected chi connectivity index (χ0v) is 14.5. The second kappa shape index (κ2) is 6.53. The molecule has 0 aliphatic rings. The van der Waals surface area contributed by atoms with Crippen LogP contribution in [0.4, 0.5) is 0 Å². The number of thiophene rings is 1. The minimum atomic E-state index is -0.0104. The van der Waals surface area contributed by atoms with Crippen LogP contribution in [0.25, 0.3) is 10.2 Å². The van der Waals surface area contributed by atoms with Crippen LogP contribution < -0.4 is 10.3 Å². The number of ether oxygens (including phenoxy) is 1. The van der Waals surface area contributed by atoms with Crippen molar-refractivity contribution in [2.24, 2.45) is 0 Å². The van der Waals surface area contributed by atoms with Crippen LogP contribution in [0.1, 0.15) is 10.4 Å². The lowest BCUT2D eigenvalue weighted by Crippen LogP contribution is -2.20. The van der Waals surface area contributed by atoms with Crippen molar-refractivity contribution in [2.75, 3.05) is 0 Å². The molecule has 0 fully saturated rings. The van der Waals surface area contributed by atoms with Crippen LogP contribution in [0, 0.1) is 6.92 Å². The van der Waals surface area contributed by atoms with Gasteiger partial charge < -0.3 is 4.74 Å². The van der Waals surface area contributed by atoms with E-state index in [2.05, 4.69) is 4.98 Å². The van der Waals surface area contributed by atoms with Crippen molar-refractivity contribution in [1.82, 2.24) is 9.55 Å². The number of aryl methyl sites for hydroxylation is 1. The number of aromatic nitrogens is 2. The van der Waals surface area contributed by atoms with Gasteiger partial charge >= 0.3 is 0 Å². The third-order valence-electron chi connectivity index (χ3n) is 3.87. The number of benzene rings is 2. The summed E-state index contributed by atoms with van der Waals surface area (Å²) in [6.45, 7) is 2.45. The van der Waals surface area contributed by atoms with Gasteiger partial charge in [0, 0.05) is 4.88 Å². The largest absolute Gasteiger partial charge is 0.457 e. The molecule has 0 saturated carbocycles. The summed E-state index contributed by atoms with van der Waals surface area (Å²) in [5, 5.41) is 0.682. The molecule has 0 unspecified atom stereocenters. The second-order valence-electron chi connectivity index (χ2n) is 5.82. The van der Waals surface area contributed by atoms with Crippen LogP contribution in [0.5, 0.6) is 11.5 Å². The Morgan fingerprint density at radius 1 is 1.04 bits per heavy atom. The molecule has 124 valence electrons. The molecule has 0 saturated heterocycles. The average molecular weight is 348 g/mol. The molecular formula is C20H16N2O2S. The Kier molecular flexibility index (Phi) is 4.07. The van der Waals surface area contributed by atoms with E-state index >= 15 is 0 Å². The summed E-state index contributed by atoms with van der Waals surface area (Å²) in [6.07, 6.45) is 1.62. The lowest BCUT2D eigenvalue weighted by Gasteiger charge is -2.09. The Labute approximate surface area is 149 Å². The van der Waals surface area contributed by atoms with E-state index in [-0.39, 0.29) is 5.56 Å². The topological polar surface area (TPSA) is 44.1 Å². The quantitative estimate of drug-likeness (QED) is 0.541. The second-order valence-corrected chi connectivity index (χ2v) is 7.05. The maximum Gasteiger partial charge on any atom is 0.262 e. The summed E-state index contributed by atoms with van der Waals surface area (Å²) >= 11 is 1.54. The molecule has 4 aromatic rings. The molecule has 2 heterocycles. The van der Waals surface area contributed by atoms with Gasteiger partial charge in [-0.25, -0.2) is 4.98 Å². The van der Waals surface area contributed by atoms with Crippen LogP contribution in [0.2, 0.25) is 0 Å². The Morgan fingerprint density at radius 3 is 2.68 bits per heavy atom. The van der Waals surface area contributed by atoms with Gasteiger partial charge in [0.25, 0.3) is 5.56 Å². The van der Waals surface area contributed by atoms with E-state index in [1.165, 1.54) is 0 Å². The first-order chi connectivity index (χ1) is 12.2. The fourth-order valence-corrected chi connectivity index (χ4v) is 3.56. The van der Waals surface area contributed by atoms with E-state index in [9.17, 15) is 4.79 Å². The van der Waals surface area contributed by atoms with Gasteiger partial charge in [-0.05, 0) is 42.8 Å². The van der Waals surface area contributed by atoms with E-state index < -0.39 is 0 Å². The Morgan fingerprint density at radius 2 is 1.84 bits per heavy atom. The molecular weight excluding hydrogens is 332 g/mol. The predicted octanol–water partition coefficient (Wildman–Crippen LogP) is 4.61. The highest BCUT2D eigenvalue weighted by atomic mass is 32.1. The van der Waals surface area contributed by atoms with Gasteiger partial charge in [-0.3, -0.25) is 9.36 Å². The van der Waals surface area contributed by atoms with Crippen LogP contribution in [0.3, 0.4) is 0 Å². The Hall–Kier alpha value is -2.92. The highest BCUT2D eigenvalue weighted by molar-refractivity contribution is 7.18. The third-order valence-corrected chi connectivity index (χ3v) is 4.83. The normalized spacial score (nSPS) is 10.9. The molecule has 0 aliphatic heterocycles. The number of hydrogen-bond donors (Lipinski definition) is 0. The van der Waals surface area contributed by atoms with Gasteiger partial charge in [0.1, 0.15) is 16.3 Å². The summed E-state index contributed by atoms with van der Waals surface area (Å²) < 4.78 is 7.49. The highest BCUT2D eigenvalue weighted by Gasteiger charge is 2.08. The molecule has 0 N–H and O–H groups in total. The molecule has 2 aromatic carbocycles. The van der Waals surface area contributed by atoms with Gasteiger partial charge in [0.05, 0.1) is 18.3 Å². The number of nitrogens with zero attached hydrogens (tertiary/aromatic N) is 2. The lowest BCUT2D eigenvalue weighted by molar-refractivity contribution is 0.481. The molecule has 0 spiro atoms. The molecule has 4 rings (SSSR count). The molecule has 5 heteroatoms. The zero-order chi connectivity index (χ0) is 17.2. The van der Waals surface area contributed by atoms with Gasteiger partial charge in [-0.1, -0.05) is 30.3 Å². The van der Waals surface area contributed by atoms with E-state index in [0.717, 1.165) is 26.8 Å². The smallest absolute Gasteiger partial charge is 0.262 e. The van der Waals surface area contributed by atoms with Crippen molar-refractivity contribution < 1.29 is 4.74 Å². The molecule has 2 aromatic heterocycles. The molecule has 0 amide bonds. The molecule has 4 nitrogen and oxygen atoms in total. The van der Waals surface area contributed by atoms with Gasteiger partial charge in [0.15, 0.2) is 0 Å². The lowest BCUT2D eigenvalue weighted by atomic mass is 10.2. The summed E-state index contributed by atoms with van der Waals surface area (Å²) in [7, 11) is 0. The fraction of sp³-hybridized carbons (Fsp3) is 0.100. The van der Waals surface area contributed by atoms with Crippen molar-refractivity contribution in [3.05, 3.63) is 87.8 Å². The van der Waals surface area contributed by atoms with Crippen molar-refractivity contribution >= 4 is 21.6 Å². The molecule has 0 aliphatic carbocycles. The van der Waals surface area contributed by atoms with Crippen LogP contribution >= 0.6 is 11.3 Å². The van der Waals surface area contributed by atoms with Crippen molar-refractivity contribution in [2.45, 2.75) is 13.5 Å². The first-order valence-corrected chi connectivity index (χ1v) is 8.78. The summed E-state index contributed by atoms with van der Waals surface area (Å²) in [5.74, 6) is 1.53. The predicted molar refractivity (Wildman–Crippen MR) is 101 cm³/mol. The van der Waals surface area contributed by atoms with Crippen molar-refractivity contribution in [3.63, 3.8) is 0 Å². The Bertz CT molecular complexity index is 1080. The maximum atomic E-state index is 12.6. The van der Waals surface area contributed by atoms with Gasteiger partial charge in [-0.2, -0.15) is 0 Å². The van der Waals surface area contributed by atoms with Crippen molar-refractivity contribution in [3.8, 4) is 11.5 Å². The summed E-state index contributed by atoms with van der Waals surface area (Å²) in [6, 6.07) is 19.3. The van der Waals surface area contributed by atoms with Gasteiger partial charge in [-0.15, -0.1) is 11.3 Å². The average Bonchev–Trinajstić information content (AvgIpc) is 3.00. The Balaban J connectivity index is 1.62. The first-order valence-electron chi connectivity index (χ1n) is 7.96. The monoisotopic (exact) mass is 348 g/mol. The minimum Gasteiger partial charge on any atom is -0.457 e. The van der Waals surface area contributed by atoms with Gasteiger partial charge in [0.2, 0.25) is 0 Å². The summed E-state index contributed by atoms with van der Waals surface area (Å²) in [4.78, 5) is 18.9. The third kappa shape index (κ3) is 3.32. The number of fused-ring (bicyclic) bond motifs is 1. The van der Waals surface area contributed by atoms with Crippen molar-refractivity contribution in [1.29, 1.82) is 0 Å². The molecule has 25 heavy (non-hydrogen) atoms. The first kappa shape index (κ1) is 15.6. The zero-order valence-electron chi connectivity index (χ0n) is 13.7. The standard InChI is InChI=1S/C20H16N2O2S/c1-14-10-18-19(25-14)21-13-22(20(18)23)12-15-6-5-9-17(11-15)24-16-7-3-2-4-8-16/h2-11,13H,12H2,1H3. The van der Waals surface area contributed by atoms with Crippen LogP contribution in [-0.2, 0) is 6.54 Å². The fourth-order valence-electron chi connectivity index (χ4n) is 2.72. The highest BCUT2D eigenvalue weighted by Crippen LogP contribution is 2.23. The maximum absolute atomic E-state index is 12.6. The van der Waals surface area contributed by atoms with Crippen LogP contribution in [-0.4, -0.2) is 9.55 Å². The molecule has 0 atom stereocenters. The number of hydrogen-bond acceptors (Lipinski definition) is 4. The van der Waals surface area contributed by atoms with E-state index in [0.29, 0.717) is 11.9 Å². The van der Waals surface area contributed by atoms with E-state index in [1.807, 2.05) is 67.6 Å². The minimum absolute atomic E-state index is 0.0104. The van der Waals surface area contributed by atoms with E-state index in [1.54, 1.807) is 22.2 Å². The SMILES string of the molecule is Cc1cc2c(=O)n(Cc3cccc(Oc4ccccc4)c3)cnc2s1. The molecule has 0 bridgehead atoms. The van der Waals surface area contributed by atoms with E-state index in [4.69, 9.17) is 4.74 Å². The van der Waals surface area contributed by atoms with Crippen LogP contribution in [0.15, 0.2) is 71.8 Å². The number of rotatable bonds is 4. The summed E-state index contributed by atoms with van der Waals surface area (Å²) in [5.41, 5.74) is 0.979.